The third kappa shape index (κ3) is 21.1. The van der Waals surface area contributed by atoms with Gasteiger partial charge >= 0.3 is 5.97 Å². The van der Waals surface area contributed by atoms with Crippen molar-refractivity contribution in [2.45, 2.75) is 49.6 Å². The molecule has 0 radical (unpaired) electrons. The van der Waals surface area contributed by atoms with Gasteiger partial charge < -0.3 is 59.0 Å². The van der Waals surface area contributed by atoms with Gasteiger partial charge in [0, 0.05) is 130 Å². The highest BCUT2D eigenvalue weighted by atomic mass is 32.2. The highest BCUT2D eigenvalue weighted by molar-refractivity contribution is 7.90. The van der Waals surface area contributed by atoms with E-state index in [0.29, 0.717) is 22.3 Å². The molecule has 1 aromatic carbocycles. The molecular weight excluding hydrogens is 1190 g/mol. The van der Waals surface area contributed by atoms with Crippen LogP contribution in [0.3, 0.4) is 0 Å². The van der Waals surface area contributed by atoms with E-state index in [0.717, 1.165) is 66.4 Å². The number of carbonyl (C=O) groups is 12. The number of hydrogen-bond acceptors (Lipinski definition) is 20. The molecule has 0 fully saturated rings. The minimum absolute atomic E-state index is 0.0221. The summed E-state index contributed by atoms with van der Waals surface area (Å²) >= 11 is 0. The van der Waals surface area contributed by atoms with Gasteiger partial charge in [-0.15, -0.1) is 0 Å². The zero-order valence-corrected chi connectivity index (χ0v) is 53.8. The summed E-state index contributed by atoms with van der Waals surface area (Å²) < 4.78 is 48.0. The Kier molecular flexibility index (Phi) is 25.4. The minimum atomic E-state index is -3.75. The summed E-state index contributed by atoms with van der Waals surface area (Å²) in [6.07, 6.45) is 6.80. The van der Waals surface area contributed by atoms with Crippen molar-refractivity contribution in [3.63, 3.8) is 0 Å². The van der Waals surface area contributed by atoms with Gasteiger partial charge in [0.25, 0.3) is 5.91 Å². The molecule has 2 aromatic heterocycles. The maximum absolute atomic E-state index is 13.9. The lowest BCUT2D eigenvalue weighted by atomic mass is 9.98. The van der Waals surface area contributed by atoms with Crippen molar-refractivity contribution in [2.24, 2.45) is 0 Å². The lowest BCUT2D eigenvalue weighted by Crippen LogP contribution is -2.56. The smallest absolute Gasteiger partial charge is 0.326 e. The second-order valence-electron chi connectivity index (χ2n) is 22.2. The number of carbonyl (C=O) groups excluding carboxylic acids is 11. The molecule has 0 unspecified atom stereocenters. The summed E-state index contributed by atoms with van der Waals surface area (Å²) in [6, 6.07) is 3.29. The van der Waals surface area contributed by atoms with Gasteiger partial charge in [-0.2, -0.15) is 0 Å². The molecule has 0 saturated heterocycles. The molecule has 0 saturated carbocycles. The quantitative estimate of drug-likeness (QED) is 0.0731. The molecule has 0 aliphatic heterocycles. The van der Waals surface area contributed by atoms with E-state index in [1.807, 2.05) is 0 Å². The average molecular weight is 1270 g/mol. The van der Waals surface area contributed by atoms with Gasteiger partial charge in [0.05, 0.1) is 65.4 Å². The summed E-state index contributed by atoms with van der Waals surface area (Å²) in [6.45, 7) is 1.21. The zero-order chi connectivity index (χ0) is 67.2. The lowest BCUT2D eigenvalue weighted by Gasteiger charge is -2.39. The molecule has 0 aliphatic rings. The molecule has 3 rings (SSSR count). The van der Waals surface area contributed by atoms with Gasteiger partial charge in [-0.3, -0.25) is 52.7 Å². The number of hydrogen-bond donors (Lipinski definition) is 1. The van der Waals surface area contributed by atoms with Crippen LogP contribution >= 0.6 is 0 Å². The van der Waals surface area contributed by atoms with Crippen LogP contribution in [0.25, 0.3) is 22.3 Å². The summed E-state index contributed by atoms with van der Waals surface area (Å²) in [5, 5.41) is 8.62. The standard InChI is InChI=1S/C54H77N15O17S2/c1-34(51(81)82)69(54(2,3)4)49(79)33-67(13)47(77)31-65(11)45(75)29-63(9)43(73)27-61(7)41(71)25-59(5)40(70)24-60(6)42(72)26-62(8)44(74)28-64(10)46(76)30-66(12)48(78)32-68(14)50(80)37-18-35(38-20-55-52(56-21-38)87(15,83)84)17-36(19-37)39-22-57-53(58-23-39)88(16,85)86/h17-23,34H,24-33H2,1-16H3,(H,81,82)/t34-/m0/s1. The van der Waals surface area contributed by atoms with Crippen molar-refractivity contribution in [1.82, 2.24) is 73.8 Å². The maximum Gasteiger partial charge on any atom is 0.326 e. The Bertz CT molecular complexity index is 3310. The molecule has 0 bridgehead atoms. The first-order valence-corrected chi connectivity index (χ1v) is 30.4. The second kappa shape index (κ2) is 30.5. The number of sulfone groups is 2. The van der Waals surface area contributed by atoms with E-state index in [9.17, 15) is 79.5 Å². The number of benzene rings is 1. The summed E-state index contributed by atoms with van der Waals surface area (Å²) in [4.78, 5) is 184. The number of amides is 11. The number of carboxylic acids is 1. The maximum atomic E-state index is 13.9. The van der Waals surface area contributed by atoms with Crippen molar-refractivity contribution >= 4 is 90.6 Å². The van der Waals surface area contributed by atoms with Gasteiger partial charge in [-0.1, -0.05) is 0 Å². The molecule has 3 aromatic rings. The summed E-state index contributed by atoms with van der Waals surface area (Å²) in [5.74, 6) is -8.60. The third-order valence-electron chi connectivity index (χ3n) is 13.4. The Labute approximate surface area is 510 Å². The predicted molar refractivity (Wildman–Crippen MR) is 314 cm³/mol. The second-order valence-corrected chi connectivity index (χ2v) is 26.0. The van der Waals surface area contributed by atoms with E-state index in [1.54, 1.807) is 26.8 Å². The van der Waals surface area contributed by atoms with Crippen molar-refractivity contribution in [3.8, 4) is 22.3 Å². The fraction of sp³-hybridized carbons (Fsp3) is 0.519. The Hall–Kier alpha value is -9.08. The van der Waals surface area contributed by atoms with Crippen LogP contribution in [0, 0.1) is 0 Å². The first-order chi connectivity index (χ1) is 40.4. The molecule has 1 atom stereocenters. The molecule has 88 heavy (non-hydrogen) atoms. The van der Waals surface area contributed by atoms with Gasteiger partial charge in [0.15, 0.2) is 0 Å². The van der Waals surface area contributed by atoms with Crippen LogP contribution in [-0.2, 0) is 72.4 Å². The highest BCUT2D eigenvalue weighted by Crippen LogP contribution is 2.29. The predicted octanol–water partition coefficient (Wildman–Crippen LogP) is -3.29. The van der Waals surface area contributed by atoms with E-state index in [1.165, 1.54) is 114 Å². The van der Waals surface area contributed by atoms with E-state index in [2.05, 4.69) is 19.9 Å². The number of aliphatic carboxylic acids is 1. The fourth-order valence-electron chi connectivity index (χ4n) is 7.96. The Morgan fingerprint density at radius 3 is 0.807 bits per heavy atom. The van der Waals surface area contributed by atoms with Gasteiger partial charge in [0.2, 0.25) is 89.1 Å². The molecule has 32 nitrogen and oxygen atoms in total. The highest BCUT2D eigenvalue weighted by Gasteiger charge is 2.36. The van der Waals surface area contributed by atoms with Crippen LogP contribution < -0.4 is 0 Å². The van der Waals surface area contributed by atoms with Gasteiger partial charge in [-0.05, 0) is 57.0 Å². The first kappa shape index (κ1) is 73.2. The average Bonchev–Trinajstić information content (AvgIpc) is 2.75. The number of rotatable bonds is 27. The van der Waals surface area contributed by atoms with Crippen molar-refractivity contribution in [2.75, 3.05) is 148 Å². The van der Waals surface area contributed by atoms with Gasteiger partial charge in [-0.25, -0.2) is 41.6 Å². The molecule has 0 spiro atoms. The molecule has 11 amide bonds. The lowest BCUT2D eigenvalue weighted by molar-refractivity contribution is -0.155. The summed E-state index contributed by atoms with van der Waals surface area (Å²) in [5.41, 5.74) is 0.399. The van der Waals surface area contributed by atoms with E-state index < -0.39 is 178 Å². The SMILES string of the molecule is C[C@@H](C(=O)O)N(C(=O)CN(C)C(=O)CN(C)C(=O)CN(C)C(=O)CN(C)C(=O)CN(C)C(=O)CN(C)C(=O)CN(C)C(=O)CN(C)C(=O)CN(C)C(=O)CN(C)C(=O)c1cc(-c2cnc(S(C)(=O)=O)nc2)cc(-c2cnc(S(C)(=O)=O)nc2)c1)C(C)(C)C. The number of likely N-dealkylation sites (N-methyl/N-ethyl adjacent to an activating group) is 10. The molecule has 0 aliphatic carbocycles. The largest absolute Gasteiger partial charge is 0.480 e. The monoisotopic (exact) mass is 1270 g/mol. The Morgan fingerprint density at radius 2 is 0.602 bits per heavy atom. The molecular formula is C54H77N15O17S2. The molecule has 2 heterocycles. The third-order valence-corrected chi connectivity index (χ3v) is 15.2. The first-order valence-electron chi connectivity index (χ1n) is 26.6. The van der Waals surface area contributed by atoms with Crippen molar-refractivity contribution < 1.29 is 79.5 Å². The number of aromatic nitrogens is 4. The van der Waals surface area contributed by atoms with Gasteiger partial charge in [0.1, 0.15) is 6.04 Å². The molecule has 34 heteroatoms. The van der Waals surface area contributed by atoms with E-state index >= 15 is 0 Å². The Morgan fingerprint density at radius 1 is 0.386 bits per heavy atom. The van der Waals surface area contributed by atoms with Crippen LogP contribution in [0.2, 0.25) is 0 Å². The van der Waals surface area contributed by atoms with E-state index in [4.69, 9.17) is 0 Å². The van der Waals surface area contributed by atoms with Crippen molar-refractivity contribution in [1.29, 1.82) is 0 Å². The van der Waals surface area contributed by atoms with Crippen LogP contribution in [0.5, 0.6) is 0 Å². The fourth-order valence-corrected chi connectivity index (χ4v) is 8.93. The van der Waals surface area contributed by atoms with Crippen molar-refractivity contribution in [3.05, 3.63) is 48.5 Å². The van der Waals surface area contributed by atoms with Crippen LogP contribution in [0.15, 0.2) is 53.3 Å². The molecule has 1 N–H and O–H groups in total. The van der Waals surface area contributed by atoms with E-state index in [-0.39, 0.29) is 5.56 Å². The Balaban J connectivity index is 1.50. The number of nitrogens with zero attached hydrogens (tertiary/aromatic N) is 15. The minimum Gasteiger partial charge on any atom is -0.480 e. The van der Waals surface area contributed by atoms with Crippen LogP contribution in [0.4, 0.5) is 0 Å². The van der Waals surface area contributed by atoms with Crippen LogP contribution in [0.1, 0.15) is 38.1 Å². The number of carboxylic acid groups (broad SMARTS) is 1. The topological polar surface area (TPSA) is 381 Å². The zero-order valence-electron chi connectivity index (χ0n) is 52.2. The van der Waals surface area contributed by atoms with Crippen LogP contribution in [-0.4, -0.2) is 327 Å². The molecule has 482 valence electrons. The normalized spacial score (nSPS) is 11.7. The summed E-state index contributed by atoms with van der Waals surface area (Å²) in [7, 11) is 5.51.